The molecule has 5 aromatic rings. The van der Waals surface area contributed by atoms with Crippen molar-refractivity contribution in [1.82, 2.24) is 4.57 Å². The molecular weight excluding hydrogens is 629 g/mol. The van der Waals surface area contributed by atoms with Gasteiger partial charge in [0.2, 0.25) is 0 Å². The lowest BCUT2D eigenvalue weighted by Crippen LogP contribution is -2.54. The van der Waals surface area contributed by atoms with Gasteiger partial charge in [-0.3, -0.25) is 9.59 Å². The van der Waals surface area contributed by atoms with Crippen molar-refractivity contribution in [3.63, 3.8) is 0 Å². The molecule has 0 radical (unpaired) electrons. The second-order valence-corrected chi connectivity index (χ2v) is 12.8. The minimum atomic E-state index is -2.28. The van der Waals surface area contributed by atoms with E-state index < -0.39 is 35.6 Å². The van der Waals surface area contributed by atoms with Crippen LogP contribution in [0.1, 0.15) is 44.5 Å². The van der Waals surface area contributed by atoms with Crippen molar-refractivity contribution in [2.75, 3.05) is 0 Å². The van der Waals surface area contributed by atoms with Gasteiger partial charge in [0.15, 0.2) is 17.2 Å². The number of carbonyl (C=O) groups excluding carboxylic acids is 2. The maximum absolute atomic E-state index is 14.1. The van der Waals surface area contributed by atoms with Gasteiger partial charge in [0.1, 0.15) is 23.6 Å². The van der Waals surface area contributed by atoms with Crippen molar-refractivity contribution >= 4 is 68.6 Å². The first-order chi connectivity index (χ1) is 20.5. The van der Waals surface area contributed by atoms with Crippen LogP contribution in [0.15, 0.2) is 78.2 Å². The lowest BCUT2D eigenvalue weighted by molar-refractivity contribution is -0.0900. The molecule has 2 N–H and O–H groups in total. The van der Waals surface area contributed by atoms with Gasteiger partial charge in [-0.25, -0.2) is 0 Å². The number of ether oxygens (including phenoxy) is 1. The van der Waals surface area contributed by atoms with Crippen LogP contribution in [-0.2, 0) is 4.74 Å². The zero-order valence-electron chi connectivity index (χ0n) is 23.1. The molecule has 0 bridgehead atoms. The topological polar surface area (TPSA) is 88.8 Å². The maximum atomic E-state index is 14.1. The first kappa shape index (κ1) is 30.0. The number of fused-ring (bicyclic) bond motifs is 1. The van der Waals surface area contributed by atoms with E-state index in [-0.39, 0.29) is 27.7 Å². The molecule has 0 amide bonds. The third-order valence-corrected chi connectivity index (χ3v) is 10.0. The third kappa shape index (κ3) is 5.03. The molecule has 1 fully saturated rings. The van der Waals surface area contributed by atoms with Crippen LogP contribution in [0.4, 0.5) is 0 Å². The highest BCUT2D eigenvalue weighted by Gasteiger charge is 2.58. The van der Waals surface area contributed by atoms with Gasteiger partial charge in [-0.1, -0.05) is 89.4 Å². The van der Waals surface area contributed by atoms with Gasteiger partial charge in [0, 0.05) is 33.4 Å². The van der Waals surface area contributed by atoms with E-state index in [0.29, 0.717) is 32.6 Å². The minimum absolute atomic E-state index is 0.257. The molecule has 10 heteroatoms. The summed E-state index contributed by atoms with van der Waals surface area (Å²) in [6, 6.07) is 20.8. The summed E-state index contributed by atoms with van der Waals surface area (Å²) in [5, 5.41) is 27.2. The van der Waals surface area contributed by atoms with Gasteiger partial charge in [-0.15, -0.1) is 11.3 Å². The first-order valence-electron chi connectivity index (χ1n) is 13.5. The number of halogens is 3. The molecular formula is C33H26Cl3NO5S. The molecule has 0 saturated carbocycles. The van der Waals surface area contributed by atoms with E-state index in [9.17, 15) is 19.8 Å². The highest BCUT2D eigenvalue weighted by molar-refractivity contribution is 7.13. The summed E-state index contributed by atoms with van der Waals surface area (Å²) in [6.07, 6.45) is -4.82. The molecule has 4 atom stereocenters. The van der Waals surface area contributed by atoms with Crippen LogP contribution in [0.2, 0.25) is 15.2 Å². The molecule has 0 aliphatic carbocycles. The Kier molecular flexibility index (Phi) is 8.02. The van der Waals surface area contributed by atoms with E-state index in [1.165, 1.54) is 11.3 Å². The number of aromatic nitrogens is 1. The van der Waals surface area contributed by atoms with E-state index in [4.69, 9.17) is 39.5 Å². The molecule has 3 heterocycles. The Morgan fingerprint density at radius 2 is 1.58 bits per heavy atom. The molecule has 1 unspecified atom stereocenters. The van der Waals surface area contributed by atoms with Crippen LogP contribution >= 0.6 is 46.1 Å². The second kappa shape index (κ2) is 11.5. The zero-order chi connectivity index (χ0) is 30.6. The highest BCUT2D eigenvalue weighted by Crippen LogP contribution is 2.49. The average molecular weight is 655 g/mol. The number of aryl methyl sites for hydroxylation is 2. The number of aliphatic hydroxyl groups excluding tert-OH is 1. The zero-order valence-corrected chi connectivity index (χ0v) is 26.1. The summed E-state index contributed by atoms with van der Waals surface area (Å²) in [5.74, 6) is -1.33. The Morgan fingerprint density at radius 3 is 2.21 bits per heavy atom. The fraction of sp³-hybridized carbons (Fsp3) is 0.212. The van der Waals surface area contributed by atoms with Crippen molar-refractivity contribution in [2.45, 2.75) is 44.3 Å². The van der Waals surface area contributed by atoms with Crippen molar-refractivity contribution in [3.8, 4) is 10.4 Å². The van der Waals surface area contributed by atoms with Gasteiger partial charge < -0.3 is 19.5 Å². The Hall–Kier alpha value is -3.01. The molecule has 1 aliphatic heterocycles. The lowest BCUT2D eigenvalue weighted by atomic mass is 9.81. The molecule has 2 aromatic heterocycles. The monoisotopic (exact) mass is 653 g/mol. The van der Waals surface area contributed by atoms with E-state index >= 15 is 0 Å². The number of nitrogens with zero attached hydrogens (tertiary/aromatic N) is 1. The predicted molar refractivity (Wildman–Crippen MR) is 171 cm³/mol. The summed E-state index contributed by atoms with van der Waals surface area (Å²) in [6.45, 7) is 3.50. The fourth-order valence-electron chi connectivity index (χ4n) is 5.84. The summed E-state index contributed by atoms with van der Waals surface area (Å²) in [7, 11) is 0. The van der Waals surface area contributed by atoms with Crippen LogP contribution < -0.4 is 0 Å². The van der Waals surface area contributed by atoms with Crippen molar-refractivity contribution in [2.24, 2.45) is 0 Å². The van der Waals surface area contributed by atoms with Gasteiger partial charge >= 0.3 is 0 Å². The number of benzene rings is 3. The van der Waals surface area contributed by atoms with Crippen LogP contribution in [-0.4, -0.2) is 44.2 Å². The molecule has 6 rings (SSSR count). The third-order valence-electron chi connectivity index (χ3n) is 8.05. The van der Waals surface area contributed by atoms with E-state index in [0.717, 1.165) is 4.88 Å². The van der Waals surface area contributed by atoms with Gasteiger partial charge in [-0.05, 0) is 48.6 Å². The number of thiophene rings is 1. The number of rotatable bonds is 7. The number of aliphatic hydroxyl groups is 2. The Labute approximate surface area is 267 Å². The van der Waals surface area contributed by atoms with Crippen LogP contribution in [0.25, 0.3) is 21.3 Å². The standard InChI is InChI=1S/C33H26Cl3NO5S/c1-17-8-3-5-10-19(17)28(38)29(39)31-33(41,30(40)20-11-6-4-9-18(20)2)16-26(42-31)37-24-15-23(35)22(34)14-21(24)27(32(37)36)25-12-7-13-43-25/h3-15,26,29,31,39,41H,16H2,1-2H3/t26-,29?,31-,33-/m1/s1. The Bertz CT molecular complexity index is 1890. The largest absolute Gasteiger partial charge is 0.382 e. The van der Waals surface area contributed by atoms with Gasteiger partial charge in [0.05, 0.1) is 15.6 Å². The average Bonchev–Trinajstić information content (AvgIpc) is 3.69. The number of hydrogen-bond donors (Lipinski definition) is 2. The van der Waals surface area contributed by atoms with E-state index in [2.05, 4.69) is 0 Å². The molecule has 43 heavy (non-hydrogen) atoms. The van der Waals surface area contributed by atoms with E-state index in [1.54, 1.807) is 79.1 Å². The molecule has 1 saturated heterocycles. The number of ketones is 2. The SMILES string of the molecule is Cc1ccccc1C(=O)C(O)[C@H]1O[C@@H](n2c(Cl)c(-c3cccs3)c3cc(Cl)c(Cl)cc32)C[C@@]1(O)C(=O)c1ccccc1C. The van der Waals surface area contributed by atoms with E-state index in [1.807, 2.05) is 17.5 Å². The number of carbonyl (C=O) groups is 2. The number of Topliss-reactive ketones (excluding diaryl/α,β-unsaturated/α-hetero) is 2. The summed E-state index contributed by atoms with van der Waals surface area (Å²) < 4.78 is 7.98. The van der Waals surface area contributed by atoms with Crippen LogP contribution in [0.5, 0.6) is 0 Å². The van der Waals surface area contributed by atoms with Crippen molar-refractivity contribution in [1.29, 1.82) is 0 Å². The Balaban J connectivity index is 1.51. The Morgan fingerprint density at radius 1 is 0.953 bits per heavy atom. The minimum Gasteiger partial charge on any atom is -0.382 e. The van der Waals surface area contributed by atoms with Gasteiger partial charge in [0.25, 0.3) is 0 Å². The van der Waals surface area contributed by atoms with Gasteiger partial charge in [-0.2, -0.15) is 0 Å². The quantitative estimate of drug-likeness (QED) is 0.173. The molecule has 1 aliphatic rings. The molecule has 3 aromatic carbocycles. The lowest BCUT2D eigenvalue weighted by Gasteiger charge is -2.30. The highest BCUT2D eigenvalue weighted by atomic mass is 35.5. The fourth-order valence-corrected chi connectivity index (χ4v) is 7.41. The van der Waals surface area contributed by atoms with Crippen molar-refractivity contribution in [3.05, 3.63) is 116 Å². The predicted octanol–water partition coefficient (Wildman–Crippen LogP) is 8.09. The first-order valence-corrected chi connectivity index (χ1v) is 15.5. The maximum Gasteiger partial charge on any atom is 0.197 e. The summed E-state index contributed by atoms with van der Waals surface area (Å²) in [5.41, 5.74) is 0.746. The van der Waals surface area contributed by atoms with Crippen LogP contribution in [0.3, 0.4) is 0 Å². The summed E-state index contributed by atoms with van der Waals surface area (Å²) in [4.78, 5) is 28.6. The second-order valence-electron chi connectivity index (χ2n) is 10.7. The summed E-state index contributed by atoms with van der Waals surface area (Å²) >= 11 is 21.4. The molecule has 220 valence electrons. The molecule has 6 nitrogen and oxygen atoms in total. The van der Waals surface area contributed by atoms with Crippen LogP contribution in [0, 0.1) is 13.8 Å². The number of hydrogen-bond acceptors (Lipinski definition) is 6. The van der Waals surface area contributed by atoms with Crippen molar-refractivity contribution < 1.29 is 24.5 Å². The normalized spacial score (nSPS) is 20.9. The molecule has 0 spiro atoms. The smallest absolute Gasteiger partial charge is 0.197 e.